The summed E-state index contributed by atoms with van der Waals surface area (Å²) < 4.78 is 11.7. The van der Waals surface area contributed by atoms with Crippen molar-refractivity contribution in [1.29, 1.82) is 0 Å². The average Bonchev–Trinajstić information content (AvgIpc) is 3.12. The molecule has 0 saturated heterocycles. The third kappa shape index (κ3) is 3.57. The smallest absolute Gasteiger partial charge is 0.255 e. The molecule has 3 aromatic carbocycles. The van der Waals surface area contributed by atoms with E-state index in [2.05, 4.69) is 26.4 Å². The molecule has 0 aliphatic carbocycles. The van der Waals surface area contributed by atoms with E-state index in [0.29, 0.717) is 28.3 Å². The number of fused-ring (bicyclic) bond motifs is 1. The fraction of sp³-hybridized carbons (Fsp3) is 0.0476. The second-order valence-electron chi connectivity index (χ2n) is 5.94. The lowest BCUT2D eigenvalue weighted by Gasteiger charge is -2.07. The molecule has 1 N–H and O–H groups in total. The Morgan fingerprint density at radius 3 is 2.67 bits per heavy atom. The quantitative estimate of drug-likeness (QED) is 0.470. The van der Waals surface area contributed by atoms with Crippen molar-refractivity contribution < 1.29 is 14.1 Å². The summed E-state index contributed by atoms with van der Waals surface area (Å²) in [5, 5.41) is 7.76. The van der Waals surface area contributed by atoms with Crippen molar-refractivity contribution in [3.63, 3.8) is 0 Å². The van der Waals surface area contributed by atoms with E-state index in [1.165, 1.54) is 0 Å². The molecule has 1 heterocycles. The third-order valence-corrected chi connectivity index (χ3v) is 4.70. The van der Waals surface area contributed by atoms with Gasteiger partial charge in [-0.2, -0.15) is 0 Å². The highest BCUT2D eigenvalue weighted by Crippen LogP contribution is 2.30. The van der Waals surface area contributed by atoms with E-state index in [1.807, 2.05) is 42.5 Å². The number of carbonyl (C=O) groups excluding carboxylic acids is 1. The SMILES string of the molecule is COc1cccc(NC(=O)c2ccc3noc(-c4ccc(Br)cc4)c3c2)c1. The predicted octanol–water partition coefficient (Wildman–Crippen LogP) is 5.52. The summed E-state index contributed by atoms with van der Waals surface area (Å²) in [7, 11) is 1.59. The third-order valence-electron chi connectivity index (χ3n) is 4.17. The number of aromatic nitrogens is 1. The summed E-state index contributed by atoms with van der Waals surface area (Å²) in [6.45, 7) is 0. The van der Waals surface area contributed by atoms with Crippen LogP contribution >= 0.6 is 15.9 Å². The standard InChI is InChI=1S/C21H15BrN2O3/c1-26-17-4-2-3-16(12-17)23-21(25)14-7-10-19-18(11-14)20(27-24-19)13-5-8-15(22)9-6-13/h2-12H,1H3,(H,23,25). The molecule has 5 nitrogen and oxygen atoms in total. The Bertz CT molecular complexity index is 1120. The summed E-state index contributed by atoms with van der Waals surface area (Å²) in [5.74, 6) is 1.10. The highest BCUT2D eigenvalue weighted by atomic mass is 79.9. The van der Waals surface area contributed by atoms with Crippen LogP contribution in [0.1, 0.15) is 10.4 Å². The zero-order chi connectivity index (χ0) is 18.8. The van der Waals surface area contributed by atoms with Crippen LogP contribution in [0.25, 0.3) is 22.2 Å². The van der Waals surface area contributed by atoms with Gasteiger partial charge in [0.1, 0.15) is 11.3 Å². The van der Waals surface area contributed by atoms with E-state index < -0.39 is 0 Å². The van der Waals surface area contributed by atoms with Crippen LogP contribution in [0.4, 0.5) is 5.69 Å². The van der Waals surface area contributed by atoms with Crippen LogP contribution in [0.5, 0.6) is 5.75 Å². The van der Waals surface area contributed by atoms with Crippen molar-refractivity contribution in [2.24, 2.45) is 0 Å². The van der Waals surface area contributed by atoms with Gasteiger partial charge in [0.25, 0.3) is 5.91 Å². The van der Waals surface area contributed by atoms with Gasteiger partial charge in [-0.05, 0) is 54.6 Å². The minimum atomic E-state index is -0.215. The molecule has 1 amide bonds. The monoisotopic (exact) mass is 422 g/mol. The summed E-state index contributed by atoms with van der Waals surface area (Å²) in [6, 6.07) is 20.3. The summed E-state index contributed by atoms with van der Waals surface area (Å²) >= 11 is 3.42. The molecular weight excluding hydrogens is 408 g/mol. The zero-order valence-electron chi connectivity index (χ0n) is 14.4. The lowest BCUT2D eigenvalue weighted by Crippen LogP contribution is -2.11. The van der Waals surface area contributed by atoms with Crippen molar-refractivity contribution in [2.45, 2.75) is 0 Å². The van der Waals surface area contributed by atoms with E-state index in [4.69, 9.17) is 9.26 Å². The first kappa shape index (κ1) is 17.3. The van der Waals surface area contributed by atoms with Gasteiger partial charge in [0.05, 0.1) is 12.5 Å². The molecule has 27 heavy (non-hydrogen) atoms. The van der Waals surface area contributed by atoms with Crippen molar-refractivity contribution in [2.75, 3.05) is 12.4 Å². The topological polar surface area (TPSA) is 64.4 Å². The van der Waals surface area contributed by atoms with Gasteiger partial charge < -0.3 is 14.6 Å². The van der Waals surface area contributed by atoms with E-state index in [9.17, 15) is 4.79 Å². The van der Waals surface area contributed by atoms with Crippen molar-refractivity contribution in [3.8, 4) is 17.1 Å². The molecule has 0 atom stereocenters. The van der Waals surface area contributed by atoms with Crippen molar-refractivity contribution in [1.82, 2.24) is 5.16 Å². The van der Waals surface area contributed by atoms with E-state index >= 15 is 0 Å². The maximum Gasteiger partial charge on any atom is 0.255 e. The Morgan fingerprint density at radius 2 is 1.89 bits per heavy atom. The number of anilines is 1. The Balaban J connectivity index is 1.67. The normalized spacial score (nSPS) is 10.7. The largest absolute Gasteiger partial charge is 0.497 e. The number of rotatable bonds is 4. The second-order valence-corrected chi connectivity index (χ2v) is 6.85. The Labute approximate surface area is 164 Å². The molecular formula is C21H15BrN2O3. The number of hydrogen-bond donors (Lipinski definition) is 1. The van der Waals surface area contributed by atoms with Gasteiger partial charge in [0, 0.05) is 27.4 Å². The molecule has 0 bridgehead atoms. The summed E-state index contributed by atoms with van der Waals surface area (Å²) in [6.07, 6.45) is 0. The number of nitrogens with zero attached hydrogens (tertiary/aromatic N) is 1. The average molecular weight is 423 g/mol. The van der Waals surface area contributed by atoms with Crippen LogP contribution < -0.4 is 10.1 Å². The molecule has 6 heteroatoms. The van der Waals surface area contributed by atoms with E-state index in [1.54, 1.807) is 31.4 Å². The molecule has 4 aromatic rings. The molecule has 0 radical (unpaired) electrons. The summed E-state index contributed by atoms with van der Waals surface area (Å²) in [4.78, 5) is 12.7. The first-order valence-corrected chi connectivity index (χ1v) is 9.04. The first-order valence-electron chi connectivity index (χ1n) is 8.25. The number of halogens is 1. The van der Waals surface area contributed by atoms with Crippen molar-refractivity contribution in [3.05, 3.63) is 76.8 Å². The van der Waals surface area contributed by atoms with Crippen molar-refractivity contribution >= 4 is 38.4 Å². The van der Waals surface area contributed by atoms with Gasteiger partial charge in [-0.1, -0.05) is 27.2 Å². The molecule has 0 fully saturated rings. The van der Waals surface area contributed by atoms with Gasteiger partial charge in [-0.15, -0.1) is 0 Å². The molecule has 0 aliphatic heterocycles. The predicted molar refractivity (Wildman–Crippen MR) is 108 cm³/mol. The number of nitrogens with one attached hydrogen (secondary N) is 1. The lowest BCUT2D eigenvalue weighted by molar-refractivity contribution is 0.102. The molecule has 4 rings (SSSR count). The second kappa shape index (κ2) is 7.25. The molecule has 1 aromatic heterocycles. The fourth-order valence-electron chi connectivity index (χ4n) is 2.80. The molecule has 134 valence electrons. The number of methoxy groups -OCH3 is 1. The Morgan fingerprint density at radius 1 is 1.07 bits per heavy atom. The first-order chi connectivity index (χ1) is 13.1. The van der Waals surface area contributed by atoms with Crippen LogP contribution in [-0.4, -0.2) is 18.2 Å². The van der Waals surface area contributed by atoms with Crippen LogP contribution in [0.2, 0.25) is 0 Å². The number of carbonyl (C=O) groups is 1. The maximum absolute atomic E-state index is 12.7. The number of amides is 1. The highest BCUT2D eigenvalue weighted by Gasteiger charge is 2.14. The van der Waals surface area contributed by atoms with Gasteiger partial charge in [-0.25, -0.2) is 0 Å². The summed E-state index contributed by atoms with van der Waals surface area (Å²) in [5.41, 5.74) is 2.78. The van der Waals surface area contributed by atoms with Crippen LogP contribution in [-0.2, 0) is 0 Å². The van der Waals surface area contributed by atoms with Crippen LogP contribution in [0.15, 0.2) is 75.7 Å². The molecule has 0 saturated carbocycles. The van der Waals surface area contributed by atoms with Gasteiger partial charge >= 0.3 is 0 Å². The van der Waals surface area contributed by atoms with E-state index in [0.717, 1.165) is 15.4 Å². The maximum atomic E-state index is 12.7. The van der Waals surface area contributed by atoms with Gasteiger partial charge in [-0.3, -0.25) is 4.79 Å². The lowest BCUT2D eigenvalue weighted by atomic mass is 10.1. The van der Waals surface area contributed by atoms with E-state index in [-0.39, 0.29) is 5.91 Å². The molecule has 0 spiro atoms. The van der Waals surface area contributed by atoms with Gasteiger partial charge in [0.2, 0.25) is 0 Å². The highest BCUT2D eigenvalue weighted by molar-refractivity contribution is 9.10. The van der Waals surface area contributed by atoms with Crippen LogP contribution in [0.3, 0.4) is 0 Å². The molecule has 0 unspecified atom stereocenters. The number of ether oxygens (including phenoxy) is 1. The zero-order valence-corrected chi connectivity index (χ0v) is 16.0. The minimum absolute atomic E-state index is 0.215. The Hall–Kier alpha value is -3.12. The minimum Gasteiger partial charge on any atom is -0.497 e. The van der Waals surface area contributed by atoms with Gasteiger partial charge in [0.15, 0.2) is 5.76 Å². The number of benzene rings is 3. The van der Waals surface area contributed by atoms with Crippen LogP contribution in [0, 0.1) is 0 Å². The number of hydrogen-bond acceptors (Lipinski definition) is 4. The molecule has 0 aliphatic rings. The Kier molecular flexibility index (Phi) is 4.64. The fourth-order valence-corrected chi connectivity index (χ4v) is 3.06.